The van der Waals surface area contributed by atoms with Gasteiger partial charge in [0.05, 0.1) is 0 Å². The first-order chi connectivity index (χ1) is 8.18. The second kappa shape index (κ2) is 6.26. The van der Waals surface area contributed by atoms with Gasteiger partial charge in [-0.05, 0) is 12.1 Å². The lowest BCUT2D eigenvalue weighted by molar-refractivity contribution is 0.0625. The molecule has 0 saturated carbocycles. The second-order valence-corrected chi connectivity index (χ2v) is 3.93. The minimum Gasteiger partial charge on any atom is -0.465 e. The van der Waals surface area contributed by atoms with Gasteiger partial charge in [-0.3, -0.25) is 4.79 Å². The van der Waals surface area contributed by atoms with Crippen molar-refractivity contribution in [1.82, 2.24) is 9.80 Å². The molecule has 0 aromatic heterocycles. The van der Waals surface area contributed by atoms with Gasteiger partial charge in [-0.15, -0.1) is 12.4 Å². The summed E-state index contributed by atoms with van der Waals surface area (Å²) in [6, 6.07) is 9.04. The summed E-state index contributed by atoms with van der Waals surface area (Å²) in [5, 5.41) is 8.80. The van der Waals surface area contributed by atoms with E-state index >= 15 is 0 Å². The molecule has 1 fully saturated rings. The first-order valence-corrected chi connectivity index (χ1v) is 5.50. The van der Waals surface area contributed by atoms with Crippen molar-refractivity contribution in [2.75, 3.05) is 26.2 Å². The van der Waals surface area contributed by atoms with Gasteiger partial charge in [0.15, 0.2) is 0 Å². The number of rotatable bonds is 1. The Kier molecular flexibility index (Phi) is 4.97. The van der Waals surface area contributed by atoms with E-state index in [2.05, 4.69) is 0 Å². The molecule has 1 heterocycles. The van der Waals surface area contributed by atoms with Gasteiger partial charge in [0, 0.05) is 31.7 Å². The van der Waals surface area contributed by atoms with Crippen LogP contribution in [0.1, 0.15) is 10.4 Å². The zero-order valence-electron chi connectivity index (χ0n) is 9.78. The number of halogens is 1. The highest BCUT2D eigenvalue weighted by molar-refractivity contribution is 5.94. The highest BCUT2D eigenvalue weighted by Crippen LogP contribution is 2.08. The zero-order chi connectivity index (χ0) is 12.3. The fourth-order valence-electron chi connectivity index (χ4n) is 1.86. The van der Waals surface area contributed by atoms with Crippen LogP contribution < -0.4 is 0 Å². The van der Waals surface area contributed by atoms with Crippen LogP contribution in [-0.4, -0.2) is 53.1 Å². The molecule has 1 aliphatic heterocycles. The minimum atomic E-state index is -0.920. The number of hydrogen-bond acceptors (Lipinski definition) is 2. The summed E-state index contributed by atoms with van der Waals surface area (Å²) < 4.78 is 0. The maximum absolute atomic E-state index is 12.0. The van der Waals surface area contributed by atoms with Crippen LogP contribution in [0.25, 0.3) is 0 Å². The molecule has 1 aromatic carbocycles. The Morgan fingerprint density at radius 2 is 1.44 bits per heavy atom. The highest BCUT2D eigenvalue weighted by atomic mass is 35.5. The van der Waals surface area contributed by atoms with Gasteiger partial charge >= 0.3 is 6.09 Å². The topological polar surface area (TPSA) is 60.9 Å². The molecule has 5 nitrogen and oxygen atoms in total. The van der Waals surface area contributed by atoms with E-state index in [0.717, 1.165) is 0 Å². The number of carboxylic acid groups (broad SMARTS) is 1. The smallest absolute Gasteiger partial charge is 0.407 e. The highest BCUT2D eigenvalue weighted by Gasteiger charge is 2.24. The van der Waals surface area contributed by atoms with E-state index in [1.807, 2.05) is 18.2 Å². The summed E-state index contributed by atoms with van der Waals surface area (Å²) in [4.78, 5) is 25.8. The molecule has 1 aromatic rings. The molecule has 1 saturated heterocycles. The summed E-state index contributed by atoms with van der Waals surface area (Å²) >= 11 is 0. The summed E-state index contributed by atoms with van der Waals surface area (Å²) in [7, 11) is 0. The fourth-order valence-corrected chi connectivity index (χ4v) is 1.86. The normalized spacial score (nSPS) is 14.9. The molecule has 1 aliphatic rings. The Bertz CT molecular complexity index is 417. The van der Waals surface area contributed by atoms with E-state index in [4.69, 9.17) is 5.11 Å². The van der Waals surface area contributed by atoms with E-state index in [1.165, 1.54) is 4.90 Å². The summed E-state index contributed by atoms with van der Waals surface area (Å²) in [5.41, 5.74) is 0.649. The van der Waals surface area contributed by atoms with E-state index in [9.17, 15) is 9.59 Å². The predicted molar refractivity (Wildman–Crippen MR) is 69.2 cm³/mol. The lowest BCUT2D eigenvalue weighted by atomic mass is 10.2. The number of hydrogen-bond donors (Lipinski definition) is 1. The van der Waals surface area contributed by atoms with Crippen LogP contribution in [0.2, 0.25) is 0 Å². The largest absolute Gasteiger partial charge is 0.465 e. The van der Waals surface area contributed by atoms with Gasteiger partial charge in [-0.1, -0.05) is 18.2 Å². The number of piperazine rings is 1. The van der Waals surface area contributed by atoms with Crippen molar-refractivity contribution in [2.45, 2.75) is 0 Å². The fraction of sp³-hybridized carbons (Fsp3) is 0.333. The van der Waals surface area contributed by atoms with Crippen LogP contribution in [0.4, 0.5) is 4.79 Å². The van der Waals surface area contributed by atoms with Gasteiger partial charge in [-0.2, -0.15) is 0 Å². The van der Waals surface area contributed by atoms with Crippen molar-refractivity contribution in [3.63, 3.8) is 0 Å². The third kappa shape index (κ3) is 3.13. The average Bonchev–Trinajstić information content (AvgIpc) is 2.39. The molecular weight excluding hydrogens is 256 g/mol. The van der Waals surface area contributed by atoms with Gasteiger partial charge in [0.1, 0.15) is 0 Å². The Balaban J connectivity index is 0.00000162. The first-order valence-electron chi connectivity index (χ1n) is 5.50. The van der Waals surface area contributed by atoms with Gasteiger partial charge < -0.3 is 14.9 Å². The van der Waals surface area contributed by atoms with Crippen molar-refractivity contribution >= 4 is 24.4 Å². The number of nitrogens with zero attached hydrogens (tertiary/aromatic N) is 2. The number of amides is 2. The van der Waals surface area contributed by atoms with Crippen molar-refractivity contribution in [3.05, 3.63) is 35.9 Å². The SMILES string of the molecule is Cl.O=C(O)N1CCN(C(=O)c2ccccc2)CC1. The van der Waals surface area contributed by atoms with Crippen molar-refractivity contribution in [1.29, 1.82) is 0 Å². The second-order valence-electron chi connectivity index (χ2n) is 3.93. The Labute approximate surface area is 111 Å². The molecule has 1 N–H and O–H groups in total. The molecule has 98 valence electrons. The molecule has 6 heteroatoms. The standard InChI is InChI=1S/C12H14N2O3.ClH/c15-11(10-4-2-1-3-5-10)13-6-8-14(9-7-13)12(16)17;/h1-5H,6-9H2,(H,16,17);1H. The van der Waals surface area contributed by atoms with Crippen molar-refractivity contribution in [3.8, 4) is 0 Å². The first kappa shape index (κ1) is 14.3. The zero-order valence-corrected chi connectivity index (χ0v) is 10.6. The number of carbonyl (C=O) groups is 2. The summed E-state index contributed by atoms with van der Waals surface area (Å²) in [6.45, 7) is 1.68. The lowest BCUT2D eigenvalue weighted by Crippen LogP contribution is -2.50. The monoisotopic (exact) mass is 270 g/mol. The van der Waals surface area contributed by atoms with E-state index in [0.29, 0.717) is 31.7 Å². The maximum atomic E-state index is 12.0. The third-order valence-electron chi connectivity index (χ3n) is 2.86. The van der Waals surface area contributed by atoms with Gasteiger partial charge in [0.2, 0.25) is 0 Å². The third-order valence-corrected chi connectivity index (χ3v) is 2.86. The van der Waals surface area contributed by atoms with Crippen LogP contribution in [0.3, 0.4) is 0 Å². The molecule has 0 unspecified atom stereocenters. The molecule has 2 rings (SSSR count). The van der Waals surface area contributed by atoms with Crippen LogP contribution in [0.5, 0.6) is 0 Å². The maximum Gasteiger partial charge on any atom is 0.407 e. The van der Waals surface area contributed by atoms with Gasteiger partial charge in [-0.25, -0.2) is 4.79 Å². The molecule has 0 bridgehead atoms. The summed E-state index contributed by atoms with van der Waals surface area (Å²) in [6.07, 6.45) is -0.920. The molecule has 0 radical (unpaired) electrons. The summed E-state index contributed by atoms with van der Waals surface area (Å²) in [5.74, 6) is -0.0318. The van der Waals surface area contributed by atoms with Crippen LogP contribution in [-0.2, 0) is 0 Å². The van der Waals surface area contributed by atoms with Crippen LogP contribution >= 0.6 is 12.4 Å². The predicted octanol–water partition coefficient (Wildman–Crippen LogP) is 1.54. The average molecular weight is 271 g/mol. The Morgan fingerprint density at radius 3 is 1.94 bits per heavy atom. The van der Waals surface area contributed by atoms with E-state index < -0.39 is 6.09 Å². The van der Waals surface area contributed by atoms with Crippen molar-refractivity contribution < 1.29 is 14.7 Å². The van der Waals surface area contributed by atoms with Crippen LogP contribution in [0, 0.1) is 0 Å². The van der Waals surface area contributed by atoms with Crippen LogP contribution in [0.15, 0.2) is 30.3 Å². The quantitative estimate of drug-likeness (QED) is 0.842. The van der Waals surface area contributed by atoms with E-state index in [1.54, 1.807) is 17.0 Å². The van der Waals surface area contributed by atoms with Gasteiger partial charge in [0.25, 0.3) is 5.91 Å². The number of benzene rings is 1. The Morgan fingerprint density at radius 1 is 0.944 bits per heavy atom. The molecule has 18 heavy (non-hydrogen) atoms. The molecule has 0 aliphatic carbocycles. The molecule has 0 atom stereocenters. The molecule has 0 spiro atoms. The lowest BCUT2D eigenvalue weighted by Gasteiger charge is -2.33. The number of carbonyl (C=O) groups excluding carboxylic acids is 1. The molecule has 2 amide bonds. The molecular formula is C12H15ClN2O3. The Hall–Kier alpha value is -1.75. The van der Waals surface area contributed by atoms with Crippen molar-refractivity contribution in [2.24, 2.45) is 0 Å². The van der Waals surface area contributed by atoms with E-state index in [-0.39, 0.29) is 18.3 Å². The minimum absolute atomic E-state index is 0.